The molecule has 43 heavy (non-hydrogen) atoms. The lowest BCUT2D eigenvalue weighted by Gasteiger charge is -2.34. The first-order valence-electron chi connectivity index (χ1n) is 14.6. The normalized spacial score (nSPS) is 14.3. The summed E-state index contributed by atoms with van der Waals surface area (Å²) in [5, 5.41) is 3.33. The van der Waals surface area contributed by atoms with Gasteiger partial charge in [0.25, 0.3) is 10.0 Å². The van der Waals surface area contributed by atoms with E-state index in [1.165, 1.54) is 30.2 Å². The summed E-state index contributed by atoms with van der Waals surface area (Å²) in [5.41, 5.74) is 3.02. The van der Waals surface area contributed by atoms with E-state index in [4.69, 9.17) is 16.3 Å². The van der Waals surface area contributed by atoms with E-state index in [9.17, 15) is 18.0 Å². The summed E-state index contributed by atoms with van der Waals surface area (Å²) in [6, 6.07) is 18.1. The summed E-state index contributed by atoms with van der Waals surface area (Å²) in [4.78, 5) is 29.4. The number of benzene rings is 3. The van der Waals surface area contributed by atoms with Gasteiger partial charge in [0.1, 0.15) is 18.3 Å². The van der Waals surface area contributed by atoms with E-state index in [2.05, 4.69) is 5.32 Å². The number of hydrogen-bond acceptors (Lipinski definition) is 5. The SMILES string of the molecule is CC[C@H](C(=O)NC1CCCC1)N(Cc1ccc(C)cc1)C(=O)CN(c1ccc(OC)c(Cl)c1)S(=O)(=O)c1ccc(C)cc1. The number of nitrogens with zero attached hydrogens (tertiary/aromatic N) is 2. The molecule has 0 aliphatic heterocycles. The van der Waals surface area contributed by atoms with Crippen molar-refractivity contribution >= 4 is 39.1 Å². The number of anilines is 1. The van der Waals surface area contributed by atoms with Gasteiger partial charge in [-0.1, -0.05) is 78.9 Å². The molecule has 1 aliphatic rings. The van der Waals surface area contributed by atoms with Crippen LogP contribution in [0.25, 0.3) is 0 Å². The second kappa shape index (κ2) is 14.3. The van der Waals surface area contributed by atoms with Crippen LogP contribution in [-0.2, 0) is 26.2 Å². The van der Waals surface area contributed by atoms with Gasteiger partial charge in [-0.15, -0.1) is 0 Å². The van der Waals surface area contributed by atoms with E-state index in [-0.39, 0.29) is 34.1 Å². The Morgan fingerprint density at radius 2 is 1.58 bits per heavy atom. The molecule has 1 fully saturated rings. The van der Waals surface area contributed by atoms with E-state index >= 15 is 0 Å². The Bertz CT molecular complexity index is 1520. The highest BCUT2D eigenvalue weighted by molar-refractivity contribution is 7.92. The average Bonchev–Trinajstić information content (AvgIpc) is 3.50. The van der Waals surface area contributed by atoms with Crippen molar-refractivity contribution in [3.8, 4) is 5.75 Å². The molecule has 0 radical (unpaired) electrons. The molecule has 0 heterocycles. The Hall–Kier alpha value is -3.56. The van der Waals surface area contributed by atoms with E-state index < -0.39 is 28.5 Å². The number of sulfonamides is 1. The molecule has 230 valence electrons. The third-order valence-electron chi connectivity index (χ3n) is 7.87. The van der Waals surface area contributed by atoms with Crippen LogP contribution in [0, 0.1) is 13.8 Å². The molecule has 1 saturated carbocycles. The van der Waals surface area contributed by atoms with Crippen molar-refractivity contribution in [1.82, 2.24) is 10.2 Å². The first-order valence-corrected chi connectivity index (χ1v) is 16.4. The Morgan fingerprint density at radius 3 is 2.14 bits per heavy atom. The quantitative estimate of drug-likeness (QED) is 0.265. The highest BCUT2D eigenvalue weighted by Crippen LogP contribution is 2.32. The minimum atomic E-state index is -4.20. The summed E-state index contributed by atoms with van der Waals surface area (Å²) in [5.74, 6) is -0.355. The standard InChI is InChI=1S/C33H40ClN3O5S/c1-5-30(33(39)35-26-8-6-7-9-26)36(21-25-14-10-23(2)11-15-25)32(38)22-37(27-16-19-31(42-4)29(34)20-27)43(40,41)28-17-12-24(3)13-18-28/h10-20,26,30H,5-9,21-22H2,1-4H3,(H,35,39)/t30-/m1/s1. The van der Waals surface area contributed by atoms with Crippen molar-refractivity contribution in [3.63, 3.8) is 0 Å². The van der Waals surface area contributed by atoms with E-state index in [0.29, 0.717) is 12.2 Å². The van der Waals surface area contributed by atoms with Gasteiger partial charge in [0, 0.05) is 12.6 Å². The van der Waals surface area contributed by atoms with Crippen molar-refractivity contribution in [2.24, 2.45) is 0 Å². The summed E-state index contributed by atoms with van der Waals surface area (Å²) in [6.45, 7) is 5.32. The third kappa shape index (κ3) is 7.89. The van der Waals surface area contributed by atoms with Crippen LogP contribution in [0.4, 0.5) is 5.69 Å². The van der Waals surface area contributed by atoms with Gasteiger partial charge < -0.3 is 15.0 Å². The molecule has 0 bridgehead atoms. The zero-order valence-electron chi connectivity index (χ0n) is 25.2. The second-order valence-electron chi connectivity index (χ2n) is 11.1. The number of carbonyl (C=O) groups excluding carboxylic acids is 2. The molecular weight excluding hydrogens is 586 g/mol. The van der Waals surface area contributed by atoms with Gasteiger partial charge in [-0.3, -0.25) is 13.9 Å². The van der Waals surface area contributed by atoms with Gasteiger partial charge in [0.2, 0.25) is 11.8 Å². The highest BCUT2D eigenvalue weighted by atomic mass is 35.5. The number of amides is 2. The predicted molar refractivity (Wildman–Crippen MR) is 170 cm³/mol. The fraction of sp³-hybridized carbons (Fsp3) is 0.394. The maximum Gasteiger partial charge on any atom is 0.264 e. The summed E-state index contributed by atoms with van der Waals surface area (Å²) in [6.07, 6.45) is 4.31. The number of halogens is 1. The molecule has 1 N–H and O–H groups in total. The number of carbonyl (C=O) groups is 2. The average molecular weight is 626 g/mol. The van der Waals surface area contributed by atoms with Gasteiger partial charge in [0.15, 0.2) is 0 Å². The lowest BCUT2D eigenvalue weighted by molar-refractivity contribution is -0.140. The molecule has 0 spiro atoms. The largest absolute Gasteiger partial charge is 0.495 e. The van der Waals surface area contributed by atoms with Crippen LogP contribution in [-0.4, -0.2) is 50.9 Å². The van der Waals surface area contributed by atoms with Crippen LogP contribution in [0.1, 0.15) is 55.7 Å². The van der Waals surface area contributed by atoms with Crippen LogP contribution in [0.5, 0.6) is 5.75 Å². The molecule has 3 aromatic carbocycles. The van der Waals surface area contributed by atoms with Crippen LogP contribution in [0.2, 0.25) is 5.02 Å². The zero-order valence-corrected chi connectivity index (χ0v) is 26.7. The Labute approximate surface area is 260 Å². The molecule has 1 atom stereocenters. The highest BCUT2D eigenvalue weighted by Gasteiger charge is 2.34. The minimum Gasteiger partial charge on any atom is -0.495 e. The number of methoxy groups -OCH3 is 1. The number of rotatable bonds is 12. The first kappa shape index (κ1) is 32.4. The maximum atomic E-state index is 14.3. The molecule has 3 aromatic rings. The topological polar surface area (TPSA) is 96.0 Å². The number of nitrogens with one attached hydrogen (secondary N) is 1. The van der Waals surface area contributed by atoms with Gasteiger partial charge in [0.05, 0.1) is 22.7 Å². The smallest absolute Gasteiger partial charge is 0.264 e. The molecule has 0 saturated heterocycles. The predicted octanol–water partition coefficient (Wildman–Crippen LogP) is 6.03. The minimum absolute atomic E-state index is 0.0361. The number of ether oxygens (including phenoxy) is 1. The number of aryl methyl sites for hydroxylation is 2. The van der Waals surface area contributed by atoms with Gasteiger partial charge in [-0.05, 0) is 69.0 Å². The molecule has 8 nitrogen and oxygen atoms in total. The van der Waals surface area contributed by atoms with Crippen LogP contribution >= 0.6 is 11.6 Å². The lowest BCUT2D eigenvalue weighted by Crippen LogP contribution is -2.53. The fourth-order valence-electron chi connectivity index (χ4n) is 5.35. The van der Waals surface area contributed by atoms with Gasteiger partial charge in [-0.25, -0.2) is 8.42 Å². The van der Waals surface area contributed by atoms with Crippen LogP contribution < -0.4 is 14.4 Å². The summed E-state index contributed by atoms with van der Waals surface area (Å²) < 4.78 is 34.5. The van der Waals surface area contributed by atoms with E-state index in [0.717, 1.165) is 46.7 Å². The van der Waals surface area contributed by atoms with Crippen molar-refractivity contribution in [3.05, 3.63) is 88.4 Å². The zero-order chi connectivity index (χ0) is 31.1. The van der Waals surface area contributed by atoms with Crippen molar-refractivity contribution in [2.45, 2.75) is 76.4 Å². The van der Waals surface area contributed by atoms with Crippen molar-refractivity contribution < 1.29 is 22.7 Å². The summed E-state index contributed by atoms with van der Waals surface area (Å²) in [7, 11) is -2.73. The van der Waals surface area contributed by atoms with E-state index in [1.807, 2.05) is 45.0 Å². The maximum absolute atomic E-state index is 14.3. The Balaban J connectivity index is 1.73. The second-order valence-corrected chi connectivity index (χ2v) is 13.3. The fourth-order valence-corrected chi connectivity index (χ4v) is 7.01. The van der Waals surface area contributed by atoms with E-state index in [1.54, 1.807) is 24.3 Å². The van der Waals surface area contributed by atoms with Crippen LogP contribution in [0.3, 0.4) is 0 Å². The molecule has 1 aliphatic carbocycles. The molecule has 0 unspecified atom stereocenters. The molecule has 10 heteroatoms. The summed E-state index contributed by atoms with van der Waals surface area (Å²) >= 11 is 6.41. The lowest BCUT2D eigenvalue weighted by atomic mass is 10.1. The van der Waals surface area contributed by atoms with Crippen molar-refractivity contribution in [2.75, 3.05) is 18.0 Å². The number of hydrogen-bond donors (Lipinski definition) is 1. The molecule has 4 rings (SSSR count). The van der Waals surface area contributed by atoms with Crippen molar-refractivity contribution in [1.29, 1.82) is 0 Å². The van der Waals surface area contributed by atoms with Gasteiger partial charge in [-0.2, -0.15) is 0 Å². The molecular formula is C33H40ClN3O5S. The third-order valence-corrected chi connectivity index (χ3v) is 9.96. The van der Waals surface area contributed by atoms with Crippen LogP contribution in [0.15, 0.2) is 71.6 Å². The Morgan fingerprint density at radius 1 is 0.977 bits per heavy atom. The molecule has 2 amide bonds. The Kier molecular flexibility index (Phi) is 10.7. The molecule has 0 aromatic heterocycles. The first-order chi connectivity index (χ1) is 20.5. The monoisotopic (exact) mass is 625 g/mol. The van der Waals surface area contributed by atoms with Gasteiger partial charge >= 0.3 is 0 Å².